The molecule has 29 heavy (non-hydrogen) atoms. The van der Waals surface area contributed by atoms with Gasteiger partial charge in [0, 0.05) is 32.2 Å². The Labute approximate surface area is 170 Å². The smallest absolute Gasteiger partial charge is 0.243 e. The van der Waals surface area contributed by atoms with Crippen LogP contribution in [0.25, 0.3) is 0 Å². The summed E-state index contributed by atoms with van der Waals surface area (Å²) in [6.07, 6.45) is 1.23. The van der Waals surface area contributed by atoms with E-state index in [1.54, 1.807) is 19.1 Å². The summed E-state index contributed by atoms with van der Waals surface area (Å²) in [6, 6.07) is 12.2. The van der Waals surface area contributed by atoms with Crippen LogP contribution in [0.3, 0.4) is 0 Å². The highest BCUT2D eigenvalue weighted by Crippen LogP contribution is 2.26. The highest BCUT2D eigenvalue weighted by Gasteiger charge is 2.34. The number of carbonyl (C=O) groups excluding carboxylic acids is 1. The lowest BCUT2D eigenvalue weighted by Crippen LogP contribution is -2.45. The van der Waals surface area contributed by atoms with Crippen LogP contribution in [-0.4, -0.2) is 50.8 Å². The molecule has 1 aliphatic rings. The molecule has 0 unspecified atom stereocenters. The first-order valence-corrected chi connectivity index (χ1v) is 10.9. The van der Waals surface area contributed by atoms with Crippen LogP contribution in [0.5, 0.6) is 5.75 Å². The molecule has 1 fully saturated rings. The van der Waals surface area contributed by atoms with Crippen LogP contribution in [0.1, 0.15) is 18.4 Å². The molecular weight excluding hydrogens is 395 g/mol. The molecule has 0 saturated carbocycles. The quantitative estimate of drug-likeness (QED) is 0.721. The van der Waals surface area contributed by atoms with Gasteiger partial charge >= 0.3 is 0 Å². The molecule has 0 bridgehead atoms. The van der Waals surface area contributed by atoms with Crippen LogP contribution < -0.4 is 4.74 Å². The lowest BCUT2D eigenvalue weighted by molar-refractivity contribution is -0.135. The minimum absolute atomic E-state index is 0.0365. The number of benzene rings is 2. The number of hydrogen-bond donors (Lipinski definition) is 0. The van der Waals surface area contributed by atoms with Gasteiger partial charge < -0.3 is 9.64 Å². The maximum atomic E-state index is 13.1. The number of carbonyl (C=O) groups is 1. The van der Waals surface area contributed by atoms with Crippen molar-refractivity contribution in [2.45, 2.75) is 24.3 Å². The van der Waals surface area contributed by atoms with Crippen LogP contribution >= 0.6 is 0 Å². The van der Waals surface area contributed by atoms with Gasteiger partial charge in [0.15, 0.2) is 0 Å². The van der Waals surface area contributed by atoms with Gasteiger partial charge in [-0.1, -0.05) is 18.2 Å². The zero-order valence-corrected chi connectivity index (χ0v) is 17.4. The van der Waals surface area contributed by atoms with E-state index in [0.717, 1.165) is 17.7 Å². The number of sulfonamides is 1. The molecule has 1 heterocycles. The second-order valence-electron chi connectivity index (χ2n) is 7.16. The highest BCUT2D eigenvalue weighted by atomic mass is 32.2. The fraction of sp³-hybridized carbons (Fsp3) is 0.381. The SMILES string of the molecule is COc1ccccc1CN(C)C(=O)[C@H]1CCCN(S(=O)(=O)c2ccc(F)cc2)C1. The molecular formula is C21H25FN2O4S. The van der Waals surface area contributed by atoms with E-state index in [2.05, 4.69) is 0 Å². The normalized spacial score (nSPS) is 17.7. The van der Waals surface area contributed by atoms with Crippen molar-refractivity contribution in [3.05, 3.63) is 59.9 Å². The third kappa shape index (κ3) is 4.76. The zero-order valence-electron chi connectivity index (χ0n) is 16.5. The maximum absolute atomic E-state index is 13.1. The Morgan fingerprint density at radius 1 is 1.21 bits per heavy atom. The van der Waals surface area contributed by atoms with Crippen molar-refractivity contribution in [2.24, 2.45) is 5.92 Å². The van der Waals surface area contributed by atoms with Crippen LogP contribution in [0, 0.1) is 11.7 Å². The molecule has 1 aliphatic heterocycles. The third-order valence-corrected chi connectivity index (χ3v) is 7.04. The van der Waals surface area contributed by atoms with Crippen molar-refractivity contribution >= 4 is 15.9 Å². The zero-order chi connectivity index (χ0) is 21.0. The minimum Gasteiger partial charge on any atom is -0.496 e. The van der Waals surface area contributed by atoms with Crippen LogP contribution in [0.15, 0.2) is 53.4 Å². The van der Waals surface area contributed by atoms with E-state index in [-0.39, 0.29) is 17.3 Å². The predicted octanol–water partition coefficient (Wildman–Crippen LogP) is 2.89. The van der Waals surface area contributed by atoms with Gasteiger partial charge in [-0.15, -0.1) is 0 Å². The average Bonchev–Trinajstić information content (AvgIpc) is 2.74. The molecule has 3 rings (SSSR count). The Morgan fingerprint density at radius 2 is 1.90 bits per heavy atom. The van der Waals surface area contributed by atoms with E-state index in [0.29, 0.717) is 31.7 Å². The molecule has 0 aromatic heterocycles. The molecule has 0 radical (unpaired) electrons. The molecule has 1 amide bonds. The maximum Gasteiger partial charge on any atom is 0.243 e. The number of hydrogen-bond acceptors (Lipinski definition) is 4. The summed E-state index contributed by atoms with van der Waals surface area (Å²) in [6.45, 7) is 0.846. The monoisotopic (exact) mass is 420 g/mol. The van der Waals surface area contributed by atoms with Gasteiger partial charge in [-0.2, -0.15) is 4.31 Å². The van der Waals surface area contributed by atoms with Gasteiger partial charge in [-0.3, -0.25) is 4.79 Å². The van der Waals surface area contributed by atoms with Crippen molar-refractivity contribution in [3.63, 3.8) is 0 Å². The van der Waals surface area contributed by atoms with Crippen molar-refractivity contribution in [1.29, 1.82) is 0 Å². The second-order valence-corrected chi connectivity index (χ2v) is 9.10. The summed E-state index contributed by atoms with van der Waals surface area (Å²) >= 11 is 0. The topological polar surface area (TPSA) is 66.9 Å². The number of nitrogens with zero attached hydrogens (tertiary/aromatic N) is 2. The summed E-state index contributed by atoms with van der Waals surface area (Å²) in [5.74, 6) is -0.307. The van der Waals surface area contributed by atoms with E-state index >= 15 is 0 Å². The predicted molar refractivity (Wildman–Crippen MR) is 107 cm³/mol. The second kappa shape index (κ2) is 8.92. The summed E-state index contributed by atoms with van der Waals surface area (Å²) in [4.78, 5) is 14.6. The number of rotatable bonds is 6. The number of piperidine rings is 1. The van der Waals surface area contributed by atoms with Crippen LogP contribution in [0.4, 0.5) is 4.39 Å². The minimum atomic E-state index is -3.76. The van der Waals surface area contributed by atoms with E-state index in [1.807, 2.05) is 24.3 Å². The highest BCUT2D eigenvalue weighted by molar-refractivity contribution is 7.89. The van der Waals surface area contributed by atoms with E-state index in [4.69, 9.17) is 4.74 Å². The number of amides is 1. The fourth-order valence-electron chi connectivity index (χ4n) is 3.60. The Hall–Kier alpha value is -2.45. The number of methoxy groups -OCH3 is 1. The summed E-state index contributed by atoms with van der Waals surface area (Å²) < 4.78 is 45.5. The standard InChI is InChI=1S/C21H25FN2O4S/c1-23(14-16-6-3-4-8-20(16)28-2)21(25)17-7-5-13-24(15-17)29(26,27)19-11-9-18(22)10-12-19/h3-4,6,8-12,17H,5,7,13-15H2,1-2H3/t17-/m0/s1. The molecule has 0 N–H and O–H groups in total. The van der Waals surface area contributed by atoms with Gasteiger partial charge in [-0.25, -0.2) is 12.8 Å². The van der Waals surface area contributed by atoms with Gasteiger partial charge in [0.2, 0.25) is 15.9 Å². The number of halogens is 1. The Kier molecular flexibility index (Phi) is 6.54. The van der Waals surface area contributed by atoms with Gasteiger partial charge in [0.05, 0.1) is 17.9 Å². The van der Waals surface area contributed by atoms with Crippen molar-refractivity contribution in [3.8, 4) is 5.75 Å². The average molecular weight is 421 g/mol. The fourth-order valence-corrected chi connectivity index (χ4v) is 5.12. The van der Waals surface area contributed by atoms with E-state index in [9.17, 15) is 17.6 Å². The van der Waals surface area contributed by atoms with Crippen LogP contribution in [0.2, 0.25) is 0 Å². The first-order valence-electron chi connectivity index (χ1n) is 9.45. The van der Waals surface area contributed by atoms with Crippen molar-refractivity contribution < 1.29 is 22.3 Å². The summed E-state index contributed by atoms with van der Waals surface area (Å²) in [7, 11) is -0.471. The molecule has 6 nitrogen and oxygen atoms in total. The van der Waals surface area contributed by atoms with Gasteiger partial charge in [0.25, 0.3) is 0 Å². The van der Waals surface area contributed by atoms with Crippen molar-refractivity contribution in [1.82, 2.24) is 9.21 Å². The third-order valence-electron chi connectivity index (χ3n) is 5.16. The Morgan fingerprint density at radius 3 is 2.59 bits per heavy atom. The lowest BCUT2D eigenvalue weighted by Gasteiger charge is -2.33. The summed E-state index contributed by atoms with van der Waals surface area (Å²) in [5.41, 5.74) is 0.887. The molecule has 156 valence electrons. The van der Waals surface area contributed by atoms with Gasteiger partial charge in [-0.05, 0) is 43.2 Å². The molecule has 8 heteroatoms. The lowest BCUT2D eigenvalue weighted by atomic mass is 9.98. The molecule has 0 spiro atoms. The molecule has 1 saturated heterocycles. The van der Waals surface area contributed by atoms with E-state index < -0.39 is 21.8 Å². The van der Waals surface area contributed by atoms with Gasteiger partial charge in [0.1, 0.15) is 11.6 Å². The molecule has 2 aromatic carbocycles. The summed E-state index contributed by atoms with van der Waals surface area (Å²) in [5, 5.41) is 0. The molecule has 0 aliphatic carbocycles. The number of para-hydroxylation sites is 1. The molecule has 1 atom stereocenters. The van der Waals surface area contributed by atoms with Crippen LogP contribution in [-0.2, 0) is 21.4 Å². The Balaban J connectivity index is 1.71. The largest absolute Gasteiger partial charge is 0.496 e. The first kappa shape index (κ1) is 21.3. The Bertz CT molecular complexity index is 963. The van der Waals surface area contributed by atoms with E-state index in [1.165, 1.54) is 16.4 Å². The van der Waals surface area contributed by atoms with Crippen molar-refractivity contribution in [2.75, 3.05) is 27.2 Å². The number of ether oxygens (including phenoxy) is 1. The molecule has 2 aromatic rings. The first-order chi connectivity index (χ1) is 13.8.